The topological polar surface area (TPSA) is 111 Å². The molecule has 1 saturated heterocycles. The first kappa shape index (κ1) is 19.8. The Morgan fingerprint density at radius 2 is 1.89 bits per heavy atom. The zero-order chi connectivity index (χ0) is 19.9. The highest BCUT2D eigenvalue weighted by Gasteiger charge is 2.46. The average Bonchev–Trinajstić information content (AvgIpc) is 2.84. The van der Waals surface area contributed by atoms with E-state index in [1.807, 2.05) is 0 Å². The number of carbonyl (C=O) groups is 2. The number of urea groups is 1. The van der Waals surface area contributed by atoms with Crippen LogP contribution in [0.15, 0.2) is 30.2 Å². The summed E-state index contributed by atoms with van der Waals surface area (Å²) >= 11 is 11.7. The molecule has 0 radical (unpaired) electrons. The lowest BCUT2D eigenvalue weighted by molar-refractivity contribution is -0.0517. The average molecular weight is 420 g/mol. The van der Waals surface area contributed by atoms with Gasteiger partial charge in [-0.05, 0) is 25.1 Å². The molecule has 2 heterocycles. The highest BCUT2D eigenvalue weighted by Crippen LogP contribution is 2.27. The number of hydrogen-bond donors (Lipinski definition) is 4. The molecule has 2 aliphatic heterocycles. The highest BCUT2D eigenvalue weighted by molar-refractivity contribution is 6.35. The number of rotatable bonds is 3. The second kappa shape index (κ2) is 7.61. The van der Waals surface area contributed by atoms with E-state index in [1.165, 1.54) is 25.1 Å². The van der Waals surface area contributed by atoms with Crippen LogP contribution in [0.4, 0.5) is 9.18 Å². The molecule has 11 heteroatoms. The van der Waals surface area contributed by atoms with E-state index < -0.39 is 48.5 Å². The van der Waals surface area contributed by atoms with Gasteiger partial charge in [0, 0.05) is 21.8 Å². The third-order valence-electron chi connectivity index (χ3n) is 4.19. The van der Waals surface area contributed by atoms with Crippen molar-refractivity contribution in [1.82, 2.24) is 15.5 Å². The van der Waals surface area contributed by atoms with Crippen molar-refractivity contribution >= 4 is 35.1 Å². The van der Waals surface area contributed by atoms with E-state index in [1.54, 1.807) is 0 Å². The third-order valence-corrected chi connectivity index (χ3v) is 4.63. The predicted octanol–water partition coefficient (Wildman–Crippen LogP) is 1.35. The lowest BCUT2D eigenvalue weighted by Gasteiger charge is -2.33. The zero-order valence-corrected chi connectivity index (χ0v) is 15.4. The van der Waals surface area contributed by atoms with Crippen molar-refractivity contribution in [2.45, 2.75) is 37.6 Å². The number of nitrogens with zero attached hydrogens (tertiary/aromatic N) is 1. The second-order valence-corrected chi connectivity index (χ2v) is 7.02. The number of amides is 3. The molecule has 146 valence electrons. The number of ether oxygens (including phenoxy) is 1. The summed E-state index contributed by atoms with van der Waals surface area (Å²) in [5.41, 5.74) is 0.0866. The molecule has 3 rings (SSSR count). The fraction of sp³-hybridized carbons (Fsp3) is 0.375. The van der Waals surface area contributed by atoms with E-state index >= 15 is 0 Å². The fourth-order valence-electron chi connectivity index (χ4n) is 2.78. The van der Waals surface area contributed by atoms with E-state index in [9.17, 15) is 24.2 Å². The van der Waals surface area contributed by atoms with E-state index in [4.69, 9.17) is 27.9 Å². The van der Waals surface area contributed by atoms with Crippen LogP contribution in [0.25, 0.3) is 0 Å². The summed E-state index contributed by atoms with van der Waals surface area (Å²) in [6.45, 7) is 1.51. The third kappa shape index (κ3) is 4.02. The molecule has 2 aliphatic rings. The molecule has 5 atom stereocenters. The van der Waals surface area contributed by atoms with Crippen molar-refractivity contribution in [2.75, 3.05) is 0 Å². The van der Waals surface area contributed by atoms with Gasteiger partial charge in [0.25, 0.3) is 5.91 Å². The Hall–Kier alpha value is -1.91. The Bertz CT molecular complexity index is 788. The quantitative estimate of drug-likeness (QED) is 0.590. The molecule has 0 aliphatic carbocycles. The number of aliphatic hydroxyl groups is 2. The summed E-state index contributed by atoms with van der Waals surface area (Å²) in [6.07, 6.45) is -5.25. The van der Waals surface area contributed by atoms with Crippen LogP contribution in [-0.2, 0) is 4.74 Å². The minimum absolute atomic E-state index is 0.0866. The van der Waals surface area contributed by atoms with E-state index in [0.717, 1.165) is 11.1 Å². The van der Waals surface area contributed by atoms with Crippen molar-refractivity contribution in [3.05, 3.63) is 45.8 Å². The Balaban J connectivity index is 1.74. The molecular weight excluding hydrogens is 404 g/mol. The Labute approximate surface area is 163 Å². The van der Waals surface area contributed by atoms with E-state index in [0.29, 0.717) is 0 Å². The lowest BCUT2D eigenvalue weighted by Crippen LogP contribution is -2.58. The lowest BCUT2D eigenvalue weighted by atomic mass is 10.1. The van der Waals surface area contributed by atoms with Gasteiger partial charge in [0.1, 0.15) is 12.2 Å². The van der Waals surface area contributed by atoms with E-state index in [2.05, 4.69) is 10.6 Å². The van der Waals surface area contributed by atoms with Crippen LogP contribution in [0.2, 0.25) is 10.0 Å². The number of halogens is 3. The van der Waals surface area contributed by atoms with Gasteiger partial charge >= 0.3 is 6.03 Å². The van der Waals surface area contributed by atoms with Crippen molar-refractivity contribution in [1.29, 1.82) is 0 Å². The van der Waals surface area contributed by atoms with Gasteiger partial charge in [-0.25, -0.2) is 9.18 Å². The van der Waals surface area contributed by atoms with Crippen LogP contribution >= 0.6 is 23.2 Å². The number of hydrogen-bond acceptors (Lipinski definition) is 5. The molecular formula is C16H16Cl2FN3O5. The van der Waals surface area contributed by atoms with Crippen molar-refractivity contribution in [2.24, 2.45) is 0 Å². The van der Waals surface area contributed by atoms with Crippen molar-refractivity contribution < 1.29 is 28.9 Å². The van der Waals surface area contributed by atoms with Crippen molar-refractivity contribution in [3.8, 4) is 0 Å². The van der Waals surface area contributed by atoms with Gasteiger partial charge in [-0.2, -0.15) is 0 Å². The van der Waals surface area contributed by atoms with Gasteiger partial charge < -0.3 is 25.6 Å². The van der Waals surface area contributed by atoms with Gasteiger partial charge in [-0.3, -0.25) is 9.69 Å². The number of nitrogens with one attached hydrogen (secondary N) is 2. The summed E-state index contributed by atoms with van der Waals surface area (Å²) in [4.78, 5) is 25.3. The summed E-state index contributed by atoms with van der Waals surface area (Å²) < 4.78 is 19.7. The summed E-state index contributed by atoms with van der Waals surface area (Å²) in [6, 6.07) is 3.29. The van der Waals surface area contributed by atoms with Crippen LogP contribution in [0.5, 0.6) is 0 Å². The predicted molar refractivity (Wildman–Crippen MR) is 93.6 cm³/mol. The van der Waals surface area contributed by atoms with Gasteiger partial charge in [0.2, 0.25) is 0 Å². The first-order valence-corrected chi connectivity index (χ1v) is 8.67. The van der Waals surface area contributed by atoms with Crippen LogP contribution in [0, 0.1) is 0 Å². The molecule has 8 nitrogen and oxygen atoms in total. The molecule has 0 spiro atoms. The molecule has 0 aromatic heterocycles. The molecule has 1 unspecified atom stereocenters. The maximum atomic E-state index is 14.4. The summed E-state index contributed by atoms with van der Waals surface area (Å²) in [7, 11) is 0. The highest BCUT2D eigenvalue weighted by atomic mass is 35.5. The maximum absolute atomic E-state index is 14.4. The molecule has 0 saturated carbocycles. The molecule has 0 bridgehead atoms. The van der Waals surface area contributed by atoms with Crippen LogP contribution in [-0.4, -0.2) is 57.8 Å². The first-order valence-electron chi connectivity index (χ1n) is 7.92. The second-order valence-electron chi connectivity index (χ2n) is 6.15. The minimum Gasteiger partial charge on any atom is -0.388 e. The zero-order valence-electron chi connectivity index (χ0n) is 13.9. The molecule has 1 fully saturated rings. The molecule has 1 aromatic carbocycles. The largest absolute Gasteiger partial charge is 0.388 e. The van der Waals surface area contributed by atoms with Crippen LogP contribution in [0.3, 0.4) is 0 Å². The summed E-state index contributed by atoms with van der Waals surface area (Å²) in [5.74, 6) is -1.61. The monoisotopic (exact) mass is 419 g/mol. The summed E-state index contributed by atoms with van der Waals surface area (Å²) in [5, 5.41) is 24.7. The maximum Gasteiger partial charge on any atom is 0.325 e. The van der Waals surface area contributed by atoms with Crippen molar-refractivity contribution in [3.63, 3.8) is 0 Å². The number of aliphatic hydroxyl groups excluding tert-OH is 2. The van der Waals surface area contributed by atoms with Gasteiger partial charge in [0.15, 0.2) is 18.2 Å². The minimum atomic E-state index is -1.43. The van der Waals surface area contributed by atoms with Crippen LogP contribution in [0.1, 0.15) is 17.3 Å². The Morgan fingerprint density at radius 3 is 2.44 bits per heavy atom. The number of benzene rings is 1. The van der Waals surface area contributed by atoms with Crippen LogP contribution < -0.4 is 10.6 Å². The molecule has 3 amide bonds. The first-order chi connectivity index (χ1) is 12.7. The van der Waals surface area contributed by atoms with E-state index in [-0.39, 0.29) is 15.6 Å². The smallest absolute Gasteiger partial charge is 0.325 e. The molecule has 27 heavy (non-hydrogen) atoms. The standard InChI is InChI=1S/C16H16Cl2FN3O5/c1-6-11(23)12(24)15(27-6)22-5-10(19)13(21-16(22)26)20-14(25)7-2-8(17)4-9(18)3-7/h2-6,11-13,15,23-24H,1H3,(H,20,25)(H,21,26)/t6-,11-,12-,13?,15-/m1/s1. The molecule has 1 aromatic rings. The SMILES string of the molecule is C[C@H]1O[C@@H](N2C=C(F)C(NC(=O)c3cc(Cl)cc(Cl)c3)NC2=O)[C@H](O)[C@@H]1O. The normalized spacial score (nSPS) is 30.7. The van der Waals surface area contributed by atoms with Gasteiger partial charge in [-0.15, -0.1) is 0 Å². The van der Waals surface area contributed by atoms with Gasteiger partial charge in [0.05, 0.1) is 6.10 Å². The Kier molecular flexibility index (Phi) is 5.59. The number of carbonyl (C=O) groups excluding carboxylic acids is 2. The Morgan fingerprint density at radius 1 is 1.26 bits per heavy atom. The van der Waals surface area contributed by atoms with Gasteiger partial charge in [-0.1, -0.05) is 23.2 Å². The molecule has 4 N–H and O–H groups in total. The fourth-order valence-corrected chi connectivity index (χ4v) is 3.31.